The Hall–Kier alpha value is -1.86. The molecule has 1 heteroatoms. The second kappa shape index (κ2) is 18.7. The van der Waals surface area contributed by atoms with Crippen LogP contribution in [0.1, 0.15) is 102 Å². The zero-order chi connectivity index (χ0) is 22.5. The normalized spacial score (nSPS) is 11.6. The SMILES string of the molecule is CCCCCCC/C=C/CCCCCCCCN(Cc1ccccc1)Cc1ccccc1. The van der Waals surface area contributed by atoms with Gasteiger partial charge in [0.1, 0.15) is 0 Å². The molecule has 0 aliphatic heterocycles. The Labute approximate surface area is 198 Å². The van der Waals surface area contributed by atoms with E-state index in [1.807, 2.05) is 0 Å². The van der Waals surface area contributed by atoms with E-state index < -0.39 is 0 Å². The fourth-order valence-electron chi connectivity index (χ4n) is 4.30. The van der Waals surface area contributed by atoms with E-state index in [2.05, 4.69) is 84.6 Å². The van der Waals surface area contributed by atoms with Gasteiger partial charge in [0.2, 0.25) is 0 Å². The van der Waals surface area contributed by atoms with Crippen LogP contribution in [-0.4, -0.2) is 11.4 Å². The summed E-state index contributed by atoms with van der Waals surface area (Å²) < 4.78 is 0. The first-order valence-electron chi connectivity index (χ1n) is 13.3. The standard InChI is InChI=1S/C31H47N/c1-2-3-4-5-6-7-8-9-10-11-12-13-14-15-22-27-32(28-30-23-18-16-19-24-30)29-31-25-20-17-21-26-31/h8-9,16-21,23-26H,2-7,10-15,22,27-29H2,1H3/b9-8+. The van der Waals surface area contributed by atoms with Crippen LogP contribution in [0, 0.1) is 0 Å². The van der Waals surface area contributed by atoms with Crippen molar-refractivity contribution >= 4 is 0 Å². The molecule has 0 heterocycles. The number of nitrogens with zero attached hydrogens (tertiary/aromatic N) is 1. The molecule has 0 saturated carbocycles. The van der Waals surface area contributed by atoms with Crippen molar-refractivity contribution in [3.05, 3.63) is 83.9 Å². The summed E-state index contributed by atoms with van der Waals surface area (Å²) in [7, 11) is 0. The van der Waals surface area contributed by atoms with Crippen molar-refractivity contribution in [3.63, 3.8) is 0 Å². The van der Waals surface area contributed by atoms with Crippen molar-refractivity contribution in [3.8, 4) is 0 Å². The Morgan fingerprint density at radius 3 is 1.47 bits per heavy atom. The van der Waals surface area contributed by atoms with Crippen molar-refractivity contribution < 1.29 is 0 Å². The first-order valence-corrected chi connectivity index (χ1v) is 13.3. The van der Waals surface area contributed by atoms with E-state index in [9.17, 15) is 0 Å². The third kappa shape index (κ3) is 13.5. The zero-order valence-electron chi connectivity index (χ0n) is 20.7. The van der Waals surface area contributed by atoms with Gasteiger partial charge in [-0.15, -0.1) is 0 Å². The molecule has 0 atom stereocenters. The predicted octanol–water partition coefficient (Wildman–Crippen LogP) is 9.34. The largest absolute Gasteiger partial charge is 0.295 e. The molecular weight excluding hydrogens is 386 g/mol. The van der Waals surface area contributed by atoms with Crippen LogP contribution in [0.25, 0.3) is 0 Å². The van der Waals surface area contributed by atoms with Gasteiger partial charge in [0.25, 0.3) is 0 Å². The van der Waals surface area contributed by atoms with Crippen molar-refractivity contribution in [1.29, 1.82) is 0 Å². The average molecular weight is 434 g/mol. The lowest BCUT2D eigenvalue weighted by molar-refractivity contribution is 0.250. The van der Waals surface area contributed by atoms with E-state index in [1.165, 1.54) is 101 Å². The Kier molecular flexibility index (Phi) is 15.4. The van der Waals surface area contributed by atoms with Crippen LogP contribution in [0.15, 0.2) is 72.8 Å². The van der Waals surface area contributed by atoms with Crippen LogP contribution >= 0.6 is 0 Å². The van der Waals surface area contributed by atoms with Gasteiger partial charge in [-0.05, 0) is 49.8 Å². The van der Waals surface area contributed by atoms with Gasteiger partial charge in [0.15, 0.2) is 0 Å². The molecule has 1 nitrogen and oxygen atoms in total. The maximum atomic E-state index is 2.61. The maximum Gasteiger partial charge on any atom is 0.0237 e. The smallest absolute Gasteiger partial charge is 0.0237 e. The van der Waals surface area contributed by atoms with Gasteiger partial charge >= 0.3 is 0 Å². The van der Waals surface area contributed by atoms with Crippen molar-refractivity contribution in [2.24, 2.45) is 0 Å². The van der Waals surface area contributed by atoms with Crippen LogP contribution in [0.5, 0.6) is 0 Å². The molecule has 0 aliphatic carbocycles. The number of allylic oxidation sites excluding steroid dienone is 2. The van der Waals surface area contributed by atoms with Gasteiger partial charge in [0, 0.05) is 13.1 Å². The fraction of sp³-hybridized carbons (Fsp3) is 0.548. The second-order valence-electron chi connectivity index (χ2n) is 9.27. The molecule has 0 fully saturated rings. The summed E-state index contributed by atoms with van der Waals surface area (Å²) in [4.78, 5) is 2.61. The first-order chi connectivity index (χ1) is 15.9. The van der Waals surface area contributed by atoms with Gasteiger partial charge in [-0.2, -0.15) is 0 Å². The molecular formula is C31H47N. The number of benzene rings is 2. The summed E-state index contributed by atoms with van der Waals surface area (Å²) in [5.41, 5.74) is 2.83. The summed E-state index contributed by atoms with van der Waals surface area (Å²) in [6, 6.07) is 21.8. The molecule has 2 aromatic carbocycles. The van der Waals surface area contributed by atoms with Gasteiger partial charge in [-0.3, -0.25) is 4.90 Å². The molecule has 0 saturated heterocycles. The van der Waals surface area contributed by atoms with Crippen molar-refractivity contribution in [2.45, 2.75) is 103 Å². The third-order valence-electron chi connectivity index (χ3n) is 6.23. The topological polar surface area (TPSA) is 3.24 Å². The van der Waals surface area contributed by atoms with E-state index >= 15 is 0 Å². The highest BCUT2D eigenvalue weighted by Crippen LogP contribution is 2.13. The number of unbranched alkanes of at least 4 members (excludes halogenated alkanes) is 11. The summed E-state index contributed by atoms with van der Waals surface area (Å²) >= 11 is 0. The minimum Gasteiger partial charge on any atom is -0.295 e. The van der Waals surface area contributed by atoms with Gasteiger partial charge < -0.3 is 0 Å². The summed E-state index contributed by atoms with van der Waals surface area (Å²) in [5.74, 6) is 0. The molecule has 2 aromatic rings. The quantitative estimate of drug-likeness (QED) is 0.157. The fourth-order valence-corrected chi connectivity index (χ4v) is 4.30. The van der Waals surface area contributed by atoms with Crippen LogP contribution in [-0.2, 0) is 13.1 Å². The van der Waals surface area contributed by atoms with E-state index in [0.29, 0.717) is 0 Å². The number of rotatable bonds is 19. The minimum atomic E-state index is 1.04. The van der Waals surface area contributed by atoms with E-state index in [0.717, 1.165) is 13.1 Å². The molecule has 0 aliphatic rings. The van der Waals surface area contributed by atoms with E-state index in [1.54, 1.807) is 0 Å². The Bertz CT molecular complexity index is 635. The molecule has 2 rings (SSSR count). The Balaban J connectivity index is 1.53. The monoisotopic (exact) mass is 433 g/mol. The maximum absolute atomic E-state index is 2.61. The predicted molar refractivity (Wildman–Crippen MR) is 142 cm³/mol. The van der Waals surface area contributed by atoms with E-state index in [4.69, 9.17) is 0 Å². The lowest BCUT2D eigenvalue weighted by atomic mass is 10.1. The molecule has 0 aromatic heterocycles. The van der Waals surface area contributed by atoms with Crippen LogP contribution in [0.3, 0.4) is 0 Å². The summed E-state index contributed by atoms with van der Waals surface area (Å²) in [5, 5.41) is 0. The average Bonchev–Trinajstić information content (AvgIpc) is 2.83. The number of hydrogen-bond acceptors (Lipinski definition) is 1. The van der Waals surface area contributed by atoms with Gasteiger partial charge in [0.05, 0.1) is 0 Å². The van der Waals surface area contributed by atoms with Crippen molar-refractivity contribution in [1.82, 2.24) is 4.90 Å². The van der Waals surface area contributed by atoms with E-state index in [-0.39, 0.29) is 0 Å². The highest BCUT2D eigenvalue weighted by atomic mass is 15.1. The summed E-state index contributed by atoms with van der Waals surface area (Å²) in [6.07, 6.45) is 22.5. The second-order valence-corrected chi connectivity index (χ2v) is 9.27. The lowest BCUT2D eigenvalue weighted by Crippen LogP contribution is -2.24. The Morgan fingerprint density at radius 1 is 0.531 bits per heavy atom. The van der Waals surface area contributed by atoms with Crippen LogP contribution < -0.4 is 0 Å². The summed E-state index contributed by atoms with van der Waals surface area (Å²) in [6.45, 7) is 5.55. The van der Waals surface area contributed by atoms with Crippen LogP contribution in [0.4, 0.5) is 0 Å². The van der Waals surface area contributed by atoms with Crippen molar-refractivity contribution in [2.75, 3.05) is 6.54 Å². The minimum absolute atomic E-state index is 1.04. The molecule has 0 spiro atoms. The Morgan fingerprint density at radius 2 is 0.969 bits per heavy atom. The van der Waals surface area contributed by atoms with Gasteiger partial charge in [-0.25, -0.2) is 0 Å². The molecule has 32 heavy (non-hydrogen) atoms. The molecule has 0 N–H and O–H groups in total. The third-order valence-corrected chi connectivity index (χ3v) is 6.23. The molecule has 0 bridgehead atoms. The first kappa shape index (κ1) is 26.4. The van der Waals surface area contributed by atoms with Gasteiger partial charge in [-0.1, -0.05) is 131 Å². The number of hydrogen-bond donors (Lipinski definition) is 0. The highest BCUT2D eigenvalue weighted by Gasteiger charge is 2.07. The molecule has 0 amide bonds. The highest BCUT2D eigenvalue weighted by molar-refractivity contribution is 5.17. The molecule has 176 valence electrons. The zero-order valence-corrected chi connectivity index (χ0v) is 20.7. The van der Waals surface area contributed by atoms with Crippen LogP contribution in [0.2, 0.25) is 0 Å². The molecule has 0 radical (unpaired) electrons. The lowest BCUT2D eigenvalue weighted by Gasteiger charge is -2.22. The molecule has 0 unspecified atom stereocenters.